The highest BCUT2D eigenvalue weighted by molar-refractivity contribution is 6.74. The van der Waals surface area contributed by atoms with E-state index in [-0.39, 0.29) is 39.7 Å². The fourth-order valence-electron chi connectivity index (χ4n) is 7.71. The number of hydrogen-bond acceptors (Lipinski definition) is 23. The first-order valence-electron chi connectivity index (χ1n) is 31.0. The number of carbonyl (C=O) groups is 5. The number of nitrogens with zero attached hydrogens (tertiary/aromatic N) is 11. The molecule has 0 aromatic carbocycles. The minimum absolute atomic E-state index is 0.0526. The first-order chi connectivity index (χ1) is 46.5. The van der Waals surface area contributed by atoms with Gasteiger partial charge in [0.25, 0.3) is 5.91 Å². The van der Waals surface area contributed by atoms with Gasteiger partial charge in [0, 0.05) is 94.8 Å². The maximum Gasteiger partial charge on any atom is 0.341 e. The van der Waals surface area contributed by atoms with Crippen LogP contribution < -0.4 is 5.32 Å². The van der Waals surface area contributed by atoms with Crippen LogP contribution in [0.4, 0.5) is 0 Å². The van der Waals surface area contributed by atoms with Gasteiger partial charge in [-0.1, -0.05) is 59.7 Å². The molecule has 0 spiro atoms. The monoisotopic (exact) mass is 1400 g/mol. The van der Waals surface area contributed by atoms with Gasteiger partial charge in [-0.2, -0.15) is 26.3 Å². The van der Waals surface area contributed by atoms with Crippen molar-refractivity contribution >= 4 is 64.1 Å². The van der Waals surface area contributed by atoms with Crippen LogP contribution in [0.2, 0.25) is 41.4 Å². The number of rotatable bonds is 18. The Hall–Kier alpha value is -9.45. The van der Waals surface area contributed by atoms with E-state index < -0.39 is 40.5 Å². The van der Waals surface area contributed by atoms with Crippen molar-refractivity contribution in [1.29, 1.82) is 26.3 Å². The van der Waals surface area contributed by atoms with Gasteiger partial charge in [0.15, 0.2) is 16.6 Å². The van der Waals surface area contributed by atoms with Crippen LogP contribution in [0.3, 0.4) is 0 Å². The number of carboxylic acids is 1. The summed E-state index contributed by atoms with van der Waals surface area (Å²) in [4.78, 5) is 79.0. The Kier molecular flexibility index (Phi) is 41.2. The van der Waals surface area contributed by atoms with Gasteiger partial charge in [0.2, 0.25) is 0 Å². The Bertz CT molecular complexity index is 3580. The summed E-state index contributed by atoms with van der Waals surface area (Å²) in [5.74, 6) is -2.39. The molecule has 0 saturated carbocycles. The Morgan fingerprint density at radius 2 is 1.04 bits per heavy atom. The average Bonchev–Trinajstić information content (AvgIpc) is 0.858. The van der Waals surface area contributed by atoms with Crippen LogP contribution in [-0.4, -0.2) is 167 Å². The largest absolute Gasteiger partial charge is 0.478 e. The number of amides is 1. The SMILES string of the molecule is C=CC#N.CC(C)(C)[Si](C)(C)OC[C@@H]1COCCN1.CC(C)(C)[Si](C)(C)OC[C@@H]1COCCN1C(=O)c1cccnc1CCC#N.COC(=O)c1cccnc1/C=C/C#N.COC(=O)c1cccnc1CCC#N.COC(=O)c1cccnc1Cl.N#CCCc1ncccc1C(=O)O. The smallest absolute Gasteiger partial charge is 0.341 e. The third kappa shape index (κ3) is 31.6. The van der Waals surface area contributed by atoms with Crippen molar-refractivity contribution in [3.05, 3.63) is 166 Å². The lowest BCUT2D eigenvalue weighted by Gasteiger charge is -2.41. The van der Waals surface area contributed by atoms with Crippen molar-refractivity contribution in [2.24, 2.45) is 0 Å². The molecule has 5 aromatic heterocycles. The molecule has 2 aliphatic rings. The topological polar surface area (TPSA) is 369 Å². The van der Waals surface area contributed by atoms with Gasteiger partial charge in [0.05, 0.1) is 154 Å². The van der Waals surface area contributed by atoms with E-state index in [9.17, 15) is 24.0 Å². The summed E-state index contributed by atoms with van der Waals surface area (Å²) in [6.45, 7) is 30.9. The predicted molar refractivity (Wildman–Crippen MR) is 374 cm³/mol. The number of methoxy groups -OCH3 is 3. The molecule has 0 radical (unpaired) electrons. The first-order valence-corrected chi connectivity index (χ1v) is 37.2. The summed E-state index contributed by atoms with van der Waals surface area (Å²) >= 11 is 5.59. The number of ether oxygens (including phenoxy) is 5. The number of aromatic nitrogens is 5. The Morgan fingerprint density at radius 1 is 0.622 bits per heavy atom. The van der Waals surface area contributed by atoms with Crippen molar-refractivity contribution < 1.29 is 61.6 Å². The summed E-state index contributed by atoms with van der Waals surface area (Å²) in [6.07, 6.45) is 14.1. The minimum Gasteiger partial charge on any atom is -0.478 e. The number of carbonyl (C=O) groups excluding carboxylic acids is 4. The van der Waals surface area contributed by atoms with Crippen LogP contribution in [0.5, 0.6) is 0 Å². The molecule has 2 N–H and O–H groups in total. The van der Waals surface area contributed by atoms with Gasteiger partial charge in [0.1, 0.15) is 5.15 Å². The number of nitrogens with one attached hydrogen (secondary N) is 1. The van der Waals surface area contributed by atoms with Gasteiger partial charge in [-0.05, 0) is 103 Å². The third-order valence-electron chi connectivity index (χ3n) is 15.2. The van der Waals surface area contributed by atoms with Crippen LogP contribution in [-0.2, 0) is 51.8 Å². The second kappa shape index (κ2) is 46.7. The predicted octanol–water partition coefficient (Wildman–Crippen LogP) is 11.6. The minimum atomic E-state index is -1.90. The number of pyridine rings is 5. The first kappa shape index (κ1) is 86.6. The van der Waals surface area contributed by atoms with E-state index in [0.717, 1.165) is 26.4 Å². The van der Waals surface area contributed by atoms with Crippen molar-refractivity contribution in [3.8, 4) is 30.3 Å². The molecule has 25 nitrogen and oxygen atoms in total. The van der Waals surface area contributed by atoms with Crippen LogP contribution in [0.1, 0.15) is 135 Å². The normalized spacial score (nSPS) is 13.8. The fraction of sp³-hybridized carbons (Fsp3) is 0.443. The molecule has 0 unspecified atom stereocenters. The van der Waals surface area contributed by atoms with Gasteiger partial charge >= 0.3 is 23.9 Å². The number of morpholine rings is 2. The van der Waals surface area contributed by atoms with Gasteiger partial charge in [-0.15, -0.1) is 0 Å². The Labute approximate surface area is 583 Å². The van der Waals surface area contributed by atoms with Crippen molar-refractivity contribution in [3.63, 3.8) is 0 Å². The molecule has 5 aromatic rings. The van der Waals surface area contributed by atoms with Crippen LogP contribution in [0.25, 0.3) is 6.08 Å². The summed E-state index contributed by atoms with van der Waals surface area (Å²) in [7, 11) is 0.431. The zero-order valence-corrected chi connectivity index (χ0v) is 61.1. The molecule has 524 valence electrons. The Balaban J connectivity index is 0.000000598. The molecule has 7 rings (SSSR count). The molecule has 98 heavy (non-hydrogen) atoms. The number of hydrogen-bond donors (Lipinski definition) is 2. The molecule has 2 saturated heterocycles. The second-order valence-corrected chi connectivity index (χ2v) is 33.9. The van der Waals surface area contributed by atoms with E-state index in [1.54, 1.807) is 79.3 Å². The molecule has 2 aliphatic heterocycles. The molecule has 7 heterocycles. The highest BCUT2D eigenvalue weighted by Gasteiger charge is 2.40. The lowest BCUT2D eigenvalue weighted by atomic mass is 10.1. The number of carboxylic acid groups (broad SMARTS) is 1. The maximum absolute atomic E-state index is 13.2. The van der Waals surface area contributed by atoms with E-state index in [1.807, 2.05) is 23.1 Å². The fourth-order valence-corrected chi connectivity index (χ4v) is 9.99. The van der Waals surface area contributed by atoms with E-state index in [1.165, 1.54) is 58.0 Å². The number of allylic oxidation sites excluding steroid dienone is 2. The average molecular weight is 1400 g/mol. The lowest BCUT2D eigenvalue weighted by Crippen LogP contribution is -2.53. The second-order valence-electron chi connectivity index (χ2n) is 23.9. The zero-order chi connectivity index (χ0) is 73.7. The van der Waals surface area contributed by atoms with E-state index in [4.69, 9.17) is 61.3 Å². The highest BCUT2D eigenvalue weighted by Crippen LogP contribution is 2.38. The number of nitriles is 5. The molecular formula is C70H91ClN12O13Si2. The molecule has 0 bridgehead atoms. The molecule has 2 atom stereocenters. The molecule has 2 fully saturated rings. The number of esters is 3. The van der Waals surface area contributed by atoms with E-state index >= 15 is 0 Å². The molecular weight excluding hydrogens is 1310 g/mol. The van der Waals surface area contributed by atoms with Crippen molar-refractivity contribution in [2.45, 2.75) is 128 Å². The van der Waals surface area contributed by atoms with Gasteiger partial charge in [-0.3, -0.25) is 24.7 Å². The van der Waals surface area contributed by atoms with E-state index in [2.05, 4.69) is 125 Å². The quantitative estimate of drug-likeness (QED) is 0.0270. The van der Waals surface area contributed by atoms with Crippen LogP contribution >= 0.6 is 11.6 Å². The number of halogens is 1. The summed E-state index contributed by atoms with van der Waals surface area (Å²) in [6, 6.07) is 26.2. The molecule has 1 amide bonds. The maximum atomic E-state index is 13.2. The van der Waals surface area contributed by atoms with Gasteiger partial charge in [-0.25, -0.2) is 24.2 Å². The van der Waals surface area contributed by atoms with Gasteiger partial charge < -0.3 is 47.9 Å². The molecule has 0 aliphatic carbocycles. The number of aromatic carboxylic acids is 1. The van der Waals surface area contributed by atoms with E-state index in [0.29, 0.717) is 109 Å². The molecule has 28 heteroatoms. The van der Waals surface area contributed by atoms with Crippen molar-refractivity contribution in [2.75, 3.05) is 74.1 Å². The Morgan fingerprint density at radius 3 is 1.49 bits per heavy atom. The standard InChI is InChI=1S/C20H31N3O3Si.C11H25NO2Si.C10H10N2O2.C10H8N2O2.C9H8N2O2.C7H6ClNO2.C3H3N/c1-20(2,3)27(4,5)26-15-16-14-25-13-12-23(16)19(24)17-8-7-11-22-18(17)9-6-10-21;1-11(2,3)15(4,5)14-9-10-8-13-7-6-12-10;2*1-14-10(13)8-4-3-7-12-9(8)5-2-6-11;10-5-1-4-8-7(9(12)13)3-2-6-11-8;1-11-7(10)5-3-2-4-9-6(5)8;1-2-3-4/h7-8,11,16H,6,9,12-15H2,1-5H3;10,12H,6-9H2,1-5H3;3-4,7H,2,5H2,1H3;2-5,7H,1H3;2-3,6H,1,4H2,(H,12,13);2-4H,1H3;2H,1H2/b;;;5-2+;;;/t16-;10-;;;;;/m00...../s1. The summed E-state index contributed by atoms with van der Waals surface area (Å²) in [5.41, 5.74) is 4.02. The number of aryl methyl sites for hydroxylation is 3. The summed E-state index contributed by atoms with van der Waals surface area (Å²) in [5, 5.41) is 54.2. The van der Waals surface area contributed by atoms with Crippen molar-refractivity contribution in [1.82, 2.24) is 35.1 Å². The third-order valence-corrected chi connectivity index (χ3v) is 24.5. The lowest BCUT2D eigenvalue weighted by molar-refractivity contribution is -0.0167. The van der Waals surface area contributed by atoms with Crippen LogP contribution in [0.15, 0.2) is 110 Å². The summed E-state index contributed by atoms with van der Waals surface area (Å²) < 4.78 is 37.1. The van der Waals surface area contributed by atoms with Crippen LogP contribution in [0, 0.1) is 56.7 Å². The zero-order valence-electron chi connectivity index (χ0n) is 58.3. The highest BCUT2D eigenvalue weighted by atomic mass is 35.5.